The van der Waals surface area contributed by atoms with Gasteiger partial charge in [-0.15, -0.1) is 0 Å². The van der Waals surface area contributed by atoms with Gasteiger partial charge in [-0.25, -0.2) is 0 Å². The predicted molar refractivity (Wildman–Crippen MR) is 42.4 cm³/mol. The van der Waals surface area contributed by atoms with Crippen LogP contribution in [-0.4, -0.2) is 6.61 Å². The summed E-state index contributed by atoms with van der Waals surface area (Å²) in [7, 11) is 0. The highest BCUT2D eigenvalue weighted by Gasteiger charge is 2.08. The van der Waals surface area contributed by atoms with E-state index in [1.54, 1.807) is 0 Å². The summed E-state index contributed by atoms with van der Waals surface area (Å²) in [6, 6.07) is 8.18. The van der Waals surface area contributed by atoms with Crippen LogP contribution in [0.4, 0.5) is 0 Å². The van der Waals surface area contributed by atoms with Gasteiger partial charge in [-0.2, -0.15) is 0 Å². The number of para-hydroxylation sites is 1. The van der Waals surface area contributed by atoms with Gasteiger partial charge in [-0.3, -0.25) is 0 Å². The molecule has 1 aromatic carbocycles. The van der Waals surface area contributed by atoms with Crippen LogP contribution in [0.1, 0.15) is 13.0 Å². The standard InChI is InChI=1S/C8H8O.CH4/c1-2-4-8-7(3-1)5-6-9-8;/h1-4H,5-6H2;1H4. The molecule has 0 saturated heterocycles. The molecule has 54 valence electrons. The van der Waals surface area contributed by atoms with Gasteiger partial charge < -0.3 is 4.74 Å². The van der Waals surface area contributed by atoms with Gasteiger partial charge in [0.05, 0.1) is 6.61 Å². The fraction of sp³-hybridized carbons (Fsp3) is 0.333. The number of hydrogen-bond acceptors (Lipinski definition) is 1. The smallest absolute Gasteiger partial charge is 0.122 e. The molecule has 0 aromatic heterocycles. The maximum Gasteiger partial charge on any atom is 0.122 e. The number of fused-ring (bicyclic) bond motifs is 1. The van der Waals surface area contributed by atoms with Gasteiger partial charge in [0.1, 0.15) is 5.75 Å². The Kier molecular flexibility index (Phi) is 1.95. The Morgan fingerprint density at radius 1 is 1.20 bits per heavy atom. The normalized spacial score (nSPS) is 13.2. The molecular formula is C9H12O. The SMILES string of the molecule is C.c1ccc2c(c1)CCO2. The van der Waals surface area contributed by atoms with Gasteiger partial charge in [0.15, 0.2) is 0 Å². The van der Waals surface area contributed by atoms with Gasteiger partial charge >= 0.3 is 0 Å². The third-order valence-electron chi connectivity index (χ3n) is 1.60. The molecule has 0 unspecified atom stereocenters. The zero-order chi connectivity index (χ0) is 6.10. The summed E-state index contributed by atoms with van der Waals surface area (Å²) >= 11 is 0. The fourth-order valence-electron chi connectivity index (χ4n) is 1.12. The topological polar surface area (TPSA) is 9.23 Å². The van der Waals surface area contributed by atoms with Crippen molar-refractivity contribution in [3.8, 4) is 5.75 Å². The molecule has 1 heterocycles. The maximum atomic E-state index is 5.30. The quantitative estimate of drug-likeness (QED) is 0.531. The molecule has 0 amide bonds. The molecule has 0 N–H and O–H groups in total. The largest absolute Gasteiger partial charge is 0.493 e. The average Bonchev–Trinajstić information content (AvgIpc) is 2.33. The Morgan fingerprint density at radius 3 is 2.80 bits per heavy atom. The van der Waals surface area contributed by atoms with Crippen molar-refractivity contribution in [2.45, 2.75) is 13.8 Å². The fourth-order valence-corrected chi connectivity index (χ4v) is 1.12. The number of benzene rings is 1. The minimum absolute atomic E-state index is 0. The molecule has 0 aliphatic carbocycles. The van der Waals surface area contributed by atoms with Gasteiger partial charge in [0.2, 0.25) is 0 Å². The summed E-state index contributed by atoms with van der Waals surface area (Å²) in [5, 5.41) is 0. The van der Waals surface area contributed by atoms with Crippen LogP contribution in [0.3, 0.4) is 0 Å². The molecular weight excluding hydrogens is 124 g/mol. The lowest BCUT2D eigenvalue weighted by atomic mass is 10.2. The predicted octanol–water partition coefficient (Wildman–Crippen LogP) is 2.26. The zero-order valence-electron chi connectivity index (χ0n) is 5.13. The molecule has 0 spiro atoms. The molecule has 1 aliphatic rings. The molecule has 0 saturated carbocycles. The Hall–Kier alpha value is -0.980. The van der Waals surface area contributed by atoms with Crippen molar-refractivity contribution in [3.05, 3.63) is 29.8 Å². The highest BCUT2D eigenvalue weighted by atomic mass is 16.5. The summed E-state index contributed by atoms with van der Waals surface area (Å²) in [6.45, 7) is 0.860. The van der Waals surface area contributed by atoms with E-state index < -0.39 is 0 Å². The summed E-state index contributed by atoms with van der Waals surface area (Å²) < 4.78 is 5.30. The first-order valence-electron chi connectivity index (χ1n) is 3.17. The lowest BCUT2D eigenvalue weighted by Crippen LogP contribution is -1.85. The van der Waals surface area contributed by atoms with Crippen LogP contribution in [0.5, 0.6) is 5.75 Å². The third kappa shape index (κ3) is 0.991. The molecule has 0 radical (unpaired) electrons. The van der Waals surface area contributed by atoms with Crippen molar-refractivity contribution >= 4 is 0 Å². The first-order chi connectivity index (χ1) is 4.47. The molecule has 0 atom stereocenters. The van der Waals surface area contributed by atoms with Crippen LogP contribution in [-0.2, 0) is 6.42 Å². The van der Waals surface area contributed by atoms with E-state index in [0.29, 0.717) is 0 Å². The molecule has 0 fully saturated rings. The Balaban J connectivity index is 0.000000500. The van der Waals surface area contributed by atoms with Crippen molar-refractivity contribution < 1.29 is 4.74 Å². The minimum Gasteiger partial charge on any atom is -0.493 e. The van der Waals surface area contributed by atoms with Crippen LogP contribution in [0.2, 0.25) is 0 Å². The Labute approximate surface area is 61.6 Å². The monoisotopic (exact) mass is 136 g/mol. The number of hydrogen-bond donors (Lipinski definition) is 0. The Bertz CT molecular complexity index is 195. The summed E-state index contributed by atoms with van der Waals surface area (Å²) in [4.78, 5) is 0. The van der Waals surface area contributed by atoms with Gasteiger partial charge in [0.25, 0.3) is 0 Å². The van der Waals surface area contributed by atoms with Gasteiger partial charge in [-0.05, 0) is 11.6 Å². The number of ether oxygens (including phenoxy) is 1. The van der Waals surface area contributed by atoms with Crippen LogP contribution in [0.15, 0.2) is 24.3 Å². The second-order valence-electron chi connectivity index (χ2n) is 2.21. The van der Waals surface area contributed by atoms with Crippen molar-refractivity contribution in [2.24, 2.45) is 0 Å². The van der Waals surface area contributed by atoms with E-state index in [9.17, 15) is 0 Å². The first-order valence-corrected chi connectivity index (χ1v) is 3.17. The molecule has 1 heteroatoms. The van der Waals surface area contributed by atoms with Crippen LogP contribution in [0, 0.1) is 0 Å². The second kappa shape index (κ2) is 2.74. The molecule has 10 heavy (non-hydrogen) atoms. The van der Waals surface area contributed by atoms with E-state index in [2.05, 4.69) is 6.07 Å². The van der Waals surface area contributed by atoms with E-state index in [0.717, 1.165) is 18.8 Å². The molecule has 0 bridgehead atoms. The third-order valence-corrected chi connectivity index (χ3v) is 1.60. The van der Waals surface area contributed by atoms with Gasteiger partial charge in [-0.1, -0.05) is 25.6 Å². The zero-order valence-corrected chi connectivity index (χ0v) is 5.13. The van der Waals surface area contributed by atoms with E-state index in [4.69, 9.17) is 4.74 Å². The van der Waals surface area contributed by atoms with E-state index in [1.807, 2.05) is 18.2 Å². The molecule has 1 nitrogen and oxygen atoms in total. The second-order valence-corrected chi connectivity index (χ2v) is 2.21. The lowest BCUT2D eigenvalue weighted by Gasteiger charge is -1.93. The summed E-state index contributed by atoms with van der Waals surface area (Å²) in [5.74, 6) is 1.07. The average molecular weight is 136 g/mol. The first kappa shape index (κ1) is 7.13. The molecule has 1 aliphatic heterocycles. The van der Waals surface area contributed by atoms with Crippen molar-refractivity contribution in [3.63, 3.8) is 0 Å². The van der Waals surface area contributed by atoms with E-state index >= 15 is 0 Å². The lowest BCUT2D eigenvalue weighted by molar-refractivity contribution is 0.357. The maximum absolute atomic E-state index is 5.30. The van der Waals surface area contributed by atoms with E-state index in [1.165, 1.54) is 5.56 Å². The van der Waals surface area contributed by atoms with Gasteiger partial charge in [0, 0.05) is 6.42 Å². The van der Waals surface area contributed by atoms with E-state index in [-0.39, 0.29) is 7.43 Å². The van der Waals surface area contributed by atoms with Crippen molar-refractivity contribution in [2.75, 3.05) is 6.61 Å². The van der Waals surface area contributed by atoms with Crippen molar-refractivity contribution in [1.29, 1.82) is 0 Å². The van der Waals surface area contributed by atoms with Crippen molar-refractivity contribution in [1.82, 2.24) is 0 Å². The minimum atomic E-state index is 0. The highest BCUT2D eigenvalue weighted by molar-refractivity contribution is 5.35. The molecule has 2 rings (SSSR count). The summed E-state index contributed by atoms with van der Waals surface area (Å²) in [6.07, 6.45) is 1.08. The summed E-state index contributed by atoms with van der Waals surface area (Å²) in [5.41, 5.74) is 1.34. The highest BCUT2D eigenvalue weighted by Crippen LogP contribution is 2.23. The Morgan fingerprint density at radius 2 is 2.00 bits per heavy atom. The van der Waals surface area contributed by atoms with Crippen LogP contribution in [0.25, 0.3) is 0 Å². The molecule has 1 aromatic rings. The van der Waals surface area contributed by atoms with Crippen LogP contribution < -0.4 is 4.74 Å². The van der Waals surface area contributed by atoms with Crippen LogP contribution >= 0.6 is 0 Å². The number of rotatable bonds is 0.